The summed E-state index contributed by atoms with van der Waals surface area (Å²) in [4.78, 5) is 1.92. The third-order valence-electron chi connectivity index (χ3n) is 5.53. The maximum absolute atomic E-state index is 10.7. The highest BCUT2D eigenvalue weighted by atomic mass is 16.3. The summed E-state index contributed by atoms with van der Waals surface area (Å²) in [5, 5.41) is 33.0. The van der Waals surface area contributed by atoms with Gasteiger partial charge in [0, 0.05) is 56.2 Å². The second-order valence-corrected chi connectivity index (χ2v) is 7.84. The molecule has 0 bridgehead atoms. The first-order chi connectivity index (χ1) is 14.6. The van der Waals surface area contributed by atoms with Crippen LogP contribution in [0.2, 0.25) is 0 Å². The Morgan fingerprint density at radius 2 is 1.17 bits per heavy atom. The number of hydrogen-bond acceptors (Lipinski definition) is 4. The summed E-state index contributed by atoms with van der Waals surface area (Å²) in [7, 11) is 0. The standard InChI is InChI=1S/C24H29N3O3/c28-14-13-25(15-21(29)17-26-11-9-19-5-1-3-7-23(19)26)16-22(30)18-27-12-10-20-6-2-4-8-24(20)27/h1-12,21-22,28-30H,13-18H2/t21-,22+. The van der Waals surface area contributed by atoms with Gasteiger partial charge in [-0.15, -0.1) is 0 Å². The van der Waals surface area contributed by atoms with Crippen LogP contribution in [0.4, 0.5) is 0 Å². The summed E-state index contributed by atoms with van der Waals surface area (Å²) in [6, 6.07) is 20.3. The van der Waals surface area contributed by atoms with E-state index in [2.05, 4.69) is 12.1 Å². The second kappa shape index (κ2) is 9.45. The van der Waals surface area contributed by atoms with Crippen molar-refractivity contribution in [2.45, 2.75) is 25.3 Å². The quantitative estimate of drug-likeness (QED) is 0.377. The molecule has 0 saturated carbocycles. The molecule has 0 aliphatic heterocycles. The number of hydrogen-bond donors (Lipinski definition) is 3. The molecule has 3 N–H and O–H groups in total. The second-order valence-electron chi connectivity index (χ2n) is 7.84. The number of aromatic nitrogens is 2. The monoisotopic (exact) mass is 407 g/mol. The van der Waals surface area contributed by atoms with Gasteiger partial charge in [-0.05, 0) is 35.0 Å². The van der Waals surface area contributed by atoms with E-state index in [9.17, 15) is 15.3 Å². The van der Waals surface area contributed by atoms with Crippen molar-refractivity contribution in [3.05, 3.63) is 73.1 Å². The lowest BCUT2D eigenvalue weighted by Crippen LogP contribution is -2.41. The Morgan fingerprint density at radius 3 is 1.63 bits per heavy atom. The lowest BCUT2D eigenvalue weighted by molar-refractivity contribution is 0.0485. The van der Waals surface area contributed by atoms with Crippen LogP contribution in [0.25, 0.3) is 21.8 Å². The van der Waals surface area contributed by atoms with E-state index in [0.717, 1.165) is 21.8 Å². The van der Waals surface area contributed by atoms with Crippen molar-refractivity contribution in [2.75, 3.05) is 26.2 Å². The summed E-state index contributed by atoms with van der Waals surface area (Å²) in [5.41, 5.74) is 2.18. The summed E-state index contributed by atoms with van der Waals surface area (Å²) in [5.74, 6) is 0. The van der Waals surface area contributed by atoms with Crippen molar-refractivity contribution in [2.24, 2.45) is 0 Å². The topological polar surface area (TPSA) is 73.8 Å². The molecule has 0 radical (unpaired) electrons. The number of para-hydroxylation sites is 2. The van der Waals surface area contributed by atoms with Crippen LogP contribution in [0.3, 0.4) is 0 Å². The highest BCUT2D eigenvalue weighted by Gasteiger charge is 2.17. The van der Waals surface area contributed by atoms with Crippen LogP contribution in [-0.2, 0) is 13.1 Å². The molecule has 0 saturated heterocycles. The van der Waals surface area contributed by atoms with E-state index in [-0.39, 0.29) is 6.61 Å². The molecular weight excluding hydrogens is 378 g/mol. The Kier molecular flexibility index (Phi) is 6.50. The molecule has 0 aliphatic carbocycles. The molecular formula is C24H29N3O3. The van der Waals surface area contributed by atoms with Crippen molar-refractivity contribution in [1.29, 1.82) is 0 Å². The molecule has 2 heterocycles. The molecule has 0 fully saturated rings. The molecule has 4 rings (SSSR count). The number of nitrogens with zero attached hydrogens (tertiary/aromatic N) is 3. The molecule has 0 spiro atoms. The first kappa shape index (κ1) is 20.6. The number of rotatable bonds is 10. The Labute approximate surface area is 176 Å². The first-order valence-electron chi connectivity index (χ1n) is 10.4. The molecule has 158 valence electrons. The zero-order chi connectivity index (χ0) is 20.9. The maximum Gasteiger partial charge on any atom is 0.0845 e. The van der Waals surface area contributed by atoms with E-state index in [1.165, 1.54) is 0 Å². The van der Waals surface area contributed by atoms with Crippen molar-refractivity contribution >= 4 is 21.8 Å². The number of benzene rings is 2. The number of fused-ring (bicyclic) bond motifs is 2. The van der Waals surface area contributed by atoms with E-state index >= 15 is 0 Å². The van der Waals surface area contributed by atoms with Gasteiger partial charge < -0.3 is 24.5 Å². The Bertz CT molecular complexity index is 1000. The predicted octanol–water partition coefficient (Wildman–Crippen LogP) is 2.31. The molecule has 2 atom stereocenters. The minimum absolute atomic E-state index is 0.0155. The van der Waals surface area contributed by atoms with Crippen LogP contribution >= 0.6 is 0 Å². The highest BCUT2D eigenvalue weighted by molar-refractivity contribution is 5.80. The van der Waals surface area contributed by atoms with Crippen LogP contribution in [0.1, 0.15) is 0 Å². The van der Waals surface area contributed by atoms with Gasteiger partial charge in [0.2, 0.25) is 0 Å². The van der Waals surface area contributed by atoms with E-state index < -0.39 is 12.2 Å². The van der Waals surface area contributed by atoms with Gasteiger partial charge in [0.15, 0.2) is 0 Å². The SMILES string of the molecule is OCCN(C[C@@H](O)Cn1ccc2ccccc21)C[C@H](O)Cn1ccc2ccccc21. The van der Waals surface area contributed by atoms with Gasteiger partial charge in [-0.3, -0.25) is 4.90 Å². The molecule has 6 nitrogen and oxygen atoms in total. The van der Waals surface area contributed by atoms with Crippen molar-refractivity contribution in [3.63, 3.8) is 0 Å². The van der Waals surface area contributed by atoms with Gasteiger partial charge in [-0.1, -0.05) is 36.4 Å². The maximum atomic E-state index is 10.7. The fourth-order valence-corrected chi connectivity index (χ4v) is 4.16. The zero-order valence-electron chi connectivity index (χ0n) is 17.0. The van der Waals surface area contributed by atoms with Gasteiger partial charge in [0.1, 0.15) is 0 Å². The van der Waals surface area contributed by atoms with Crippen LogP contribution in [0.5, 0.6) is 0 Å². The minimum Gasteiger partial charge on any atom is -0.395 e. The van der Waals surface area contributed by atoms with Crippen LogP contribution in [0, 0.1) is 0 Å². The molecule has 2 aromatic heterocycles. The van der Waals surface area contributed by atoms with Gasteiger partial charge in [0.25, 0.3) is 0 Å². The first-order valence-corrected chi connectivity index (χ1v) is 10.4. The Hall–Kier alpha value is -2.64. The Balaban J connectivity index is 1.36. The molecule has 30 heavy (non-hydrogen) atoms. The summed E-state index contributed by atoms with van der Waals surface area (Å²) >= 11 is 0. The average Bonchev–Trinajstić information content (AvgIpc) is 3.33. The summed E-state index contributed by atoms with van der Waals surface area (Å²) in [6.07, 6.45) is 2.76. The van der Waals surface area contributed by atoms with E-state index in [0.29, 0.717) is 32.7 Å². The minimum atomic E-state index is -0.605. The molecule has 6 heteroatoms. The van der Waals surface area contributed by atoms with Gasteiger partial charge >= 0.3 is 0 Å². The van der Waals surface area contributed by atoms with Crippen LogP contribution < -0.4 is 0 Å². The van der Waals surface area contributed by atoms with Crippen molar-refractivity contribution < 1.29 is 15.3 Å². The average molecular weight is 408 g/mol. The van der Waals surface area contributed by atoms with Gasteiger partial charge in [0.05, 0.1) is 18.8 Å². The van der Waals surface area contributed by atoms with Gasteiger partial charge in [-0.2, -0.15) is 0 Å². The predicted molar refractivity (Wildman–Crippen MR) is 119 cm³/mol. The molecule has 0 unspecified atom stereocenters. The van der Waals surface area contributed by atoms with E-state index in [1.807, 2.05) is 75.0 Å². The normalized spacial score (nSPS) is 14.0. The number of aliphatic hydroxyl groups is 3. The van der Waals surface area contributed by atoms with Crippen LogP contribution in [-0.4, -0.2) is 67.8 Å². The van der Waals surface area contributed by atoms with Crippen LogP contribution in [0.15, 0.2) is 73.1 Å². The molecule has 0 aliphatic rings. The van der Waals surface area contributed by atoms with E-state index in [4.69, 9.17) is 0 Å². The zero-order valence-corrected chi connectivity index (χ0v) is 17.0. The highest BCUT2D eigenvalue weighted by Crippen LogP contribution is 2.17. The third kappa shape index (κ3) is 4.74. The lowest BCUT2D eigenvalue weighted by Gasteiger charge is -2.27. The fourth-order valence-electron chi connectivity index (χ4n) is 4.16. The largest absolute Gasteiger partial charge is 0.395 e. The van der Waals surface area contributed by atoms with E-state index in [1.54, 1.807) is 0 Å². The van der Waals surface area contributed by atoms with Crippen molar-refractivity contribution in [1.82, 2.24) is 14.0 Å². The number of aliphatic hydroxyl groups excluding tert-OH is 3. The van der Waals surface area contributed by atoms with Gasteiger partial charge in [-0.25, -0.2) is 0 Å². The molecule has 2 aromatic carbocycles. The van der Waals surface area contributed by atoms with Crippen molar-refractivity contribution in [3.8, 4) is 0 Å². The third-order valence-corrected chi connectivity index (χ3v) is 5.53. The summed E-state index contributed by atoms with van der Waals surface area (Å²) < 4.78 is 4.08. The molecule has 4 aromatic rings. The summed E-state index contributed by atoms with van der Waals surface area (Å²) in [6.45, 7) is 2.10. The fraction of sp³-hybridized carbons (Fsp3) is 0.333. The lowest BCUT2D eigenvalue weighted by atomic mass is 10.2. The smallest absolute Gasteiger partial charge is 0.0845 e. The molecule has 0 amide bonds. The Morgan fingerprint density at radius 1 is 0.700 bits per heavy atom.